The third-order valence-electron chi connectivity index (χ3n) is 2.77. The van der Waals surface area contributed by atoms with Gasteiger partial charge in [-0.05, 0) is 24.3 Å². The number of aromatic nitrogens is 2. The zero-order chi connectivity index (χ0) is 13.4. The number of fused-ring (bicyclic) bond motifs is 1. The Hall–Kier alpha value is -1.95. The standard InChI is InChI=1S/C13H8BrFN2O2/c14-9-4-3-8(10(15)6-9)7-17-12-11(19-13(17)18)2-1-5-16-12/h1-6H,7H2. The highest BCUT2D eigenvalue weighted by molar-refractivity contribution is 9.10. The molecule has 0 saturated carbocycles. The van der Waals surface area contributed by atoms with Gasteiger partial charge in [0, 0.05) is 16.2 Å². The third-order valence-corrected chi connectivity index (χ3v) is 3.26. The van der Waals surface area contributed by atoms with Gasteiger partial charge in [0.05, 0.1) is 6.54 Å². The second-order valence-corrected chi connectivity index (χ2v) is 4.93. The van der Waals surface area contributed by atoms with Crippen molar-refractivity contribution in [2.75, 3.05) is 0 Å². The van der Waals surface area contributed by atoms with Gasteiger partial charge < -0.3 is 4.42 Å². The van der Waals surface area contributed by atoms with Gasteiger partial charge in [-0.1, -0.05) is 22.0 Å². The van der Waals surface area contributed by atoms with Crippen LogP contribution in [0.25, 0.3) is 11.2 Å². The maximum atomic E-state index is 13.8. The highest BCUT2D eigenvalue weighted by Crippen LogP contribution is 2.17. The number of benzene rings is 1. The van der Waals surface area contributed by atoms with Gasteiger partial charge in [-0.3, -0.25) is 4.57 Å². The molecule has 19 heavy (non-hydrogen) atoms. The molecule has 0 atom stereocenters. The fraction of sp³-hybridized carbons (Fsp3) is 0.0769. The van der Waals surface area contributed by atoms with Crippen molar-refractivity contribution < 1.29 is 8.81 Å². The van der Waals surface area contributed by atoms with E-state index in [1.54, 1.807) is 30.5 Å². The highest BCUT2D eigenvalue weighted by Gasteiger charge is 2.12. The Bertz CT molecular complexity index is 810. The van der Waals surface area contributed by atoms with Crippen LogP contribution in [0.5, 0.6) is 0 Å². The monoisotopic (exact) mass is 322 g/mol. The fourth-order valence-corrected chi connectivity index (χ4v) is 2.19. The van der Waals surface area contributed by atoms with Gasteiger partial charge >= 0.3 is 5.76 Å². The Labute approximate surface area is 115 Å². The fourth-order valence-electron chi connectivity index (χ4n) is 1.86. The molecule has 2 aromatic heterocycles. The lowest BCUT2D eigenvalue weighted by Gasteiger charge is -2.04. The van der Waals surface area contributed by atoms with Crippen molar-refractivity contribution in [1.29, 1.82) is 0 Å². The molecule has 0 spiro atoms. The van der Waals surface area contributed by atoms with Crippen molar-refractivity contribution in [3.05, 3.63) is 62.9 Å². The molecule has 0 aliphatic rings. The van der Waals surface area contributed by atoms with Crippen LogP contribution < -0.4 is 5.76 Å². The molecule has 0 bridgehead atoms. The molecular formula is C13H8BrFN2O2. The summed E-state index contributed by atoms with van der Waals surface area (Å²) < 4.78 is 20.8. The molecule has 0 aliphatic carbocycles. The van der Waals surface area contributed by atoms with Crippen LogP contribution in [0.1, 0.15) is 5.56 Å². The molecule has 96 valence electrons. The molecule has 4 nitrogen and oxygen atoms in total. The van der Waals surface area contributed by atoms with Crippen molar-refractivity contribution >= 4 is 27.2 Å². The summed E-state index contributed by atoms with van der Waals surface area (Å²) in [5.74, 6) is -0.928. The topological polar surface area (TPSA) is 48.0 Å². The van der Waals surface area contributed by atoms with Crippen molar-refractivity contribution in [2.45, 2.75) is 6.54 Å². The van der Waals surface area contributed by atoms with Crippen molar-refractivity contribution in [3.63, 3.8) is 0 Å². The molecule has 1 aromatic carbocycles. The van der Waals surface area contributed by atoms with Gasteiger partial charge in [0.15, 0.2) is 11.2 Å². The van der Waals surface area contributed by atoms with Crippen LogP contribution in [-0.2, 0) is 6.54 Å². The molecule has 3 aromatic rings. The first-order valence-corrected chi connectivity index (χ1v) is 6.33. The van der Waals surface area contributed by atoms with Crippen LogP contribution in [-0.4, -0.2) is 9.55 Å². The first-order valence-electron chi connectivity index (χ1n) is 5.53. The molecule has 2 heterocycles. The number of hydrogen-bond donors (Lipinski definition) is 0. The minimum atomic E-state index is -0.545. The Morgan fingerprint density at radius 3 is 3.00 bits per heavy atom. The summed E-state index contributed by atoms with van der Waals surface area (Å²) in [6.07, 6.45) is 1.56. The normalized spacial score (nSPS) is 11.1. The number of pyridine rings is 1. The van der Waals surface area contributed by atoms with E-state index in [9.17, 15) is 9.18 Å². The summed E-state index contributed by atoms with van der Waals surface area (Å²) >= 11 is 3.19. The number of rotatable bonds is 2. The molecule has 6 heteroatoms. The van der Waals surface area contributed by atoms with Gasteiger partial charge in [0.2, 0.25) is 0 Å². The molecule has 0 N–H and O–H groups in total. The van der Waals surface area contributed by atoms with Crippen LogP contribution in [0.3, 0.4) is 0 Å². The molecule has 0 radical (unpaired) electrons. The Morgan fingerprint density at radius 2 is 2.21 bits per heavy atom. The second kappa shape index (κ2) is 4.62. The van der Waals surface area contributed by atoms with E-state index in [2.05, 4.69) is 20.9 Å². The third kappa shape index (κ3) is 2.19. The zero-order valence-electron chi connectivity index (χ0n) is 9.64. The van der Waals surface area contributed by atoms with E-state index in [-0.39, 0.29) is 12.4 Å². The quantitative estimate of drug-likeness (QED) is 0.728. The molecule has 0 saturated heterocycles. The predicted octanol–water partition coefficient (Wildman–Crippen LogP) is 2.94. The lowest BCUT2D eigenvalue weighted by atomic mass is 10.2. The first-order chi connectivity index (χ1) is 9.15. The van der Waals surface area contributed by atoms with Crippen LogP contribution in [0.15, 0.2) is 50.2 Å². The molecule has 0 unspecified atom stereocenters. The zero-order valence-corrected chi connectivity index (χ0v) is 11.2. The van der Waals surface area contributed by atoms with Crippen LogP contribution in [0.4, 0.5) is 4.39 Å². The SMILES string of the molecule is O=c1oc2cccnc2n1Cc1ccc(Br)cc1F. The lowest BCUT2D eigenvalue weighted by Crippen LogP contribution is -2.16. The van der Waals surface area contributed by atoms with Crippen LogP contribution in [0.2, 0.25) is 0 Å². The average Bonchev–Trinajstić information content (AvgIpc) is 2.69. The number of halogens is 2. The predicted molar refractivity (Wildman–Crippen MR) is 71.5 cm³/mol. The minimum absolute atomic E-state index is 0.0853. The van der Waals surface area contributed by atoms with E-state index < -0.39 is 5.76 Å². The maximum absolute atomic E-state index is 13.8. The number of nitrogens with zero attached hydrogens (tertiary/aromatic N) is 2. The smallest absolute Gasteiger partial charge is 0.406 e. The molecule has 3 rings (SSSR count). The minimum Gasteiger partial charge on any atom is -0.406 e. The van der Waals surface area contributed by atoms with Gasteiger partial charge in [-0.2, -0.15) is 0 Å². The lowest BCUT2D eigenvalue weighted by molar-refractivity contribution is 0.512. The van der Waals surface area contributed by atoms with Crippen LogP contribution >= 0.6 is 15.9 Å². The van der Waals surface area contributed by atoms with Crippen molar-refractivity contribution in [3.8, 4) is 0 Å². The van der Waals surface area contributed by atoms with Crippen LogP contribution in [0, 0.1) is 5.82 Å². The van der Waals surface area contributed by atoms with Gasteiger partial charge in [0.25, 0.3) is 0 Å². The van der Waals surface area contributed by atoms with Crippen molar-refractivity contribution in [1.82, 2.24) is 9.55 Å². The molecule has 0 amide bonds. The summed E-state index contributed by atoms with van der Waals surface area (Å²) in [7, 11) is 0. The van der Waals surface area contributed by atoms with Gasteiger partial charge in [-0.15, -0.1) is 0 Å². The second-order valence-electron chi connectivity index (χ2n) is 4.01. The summed E-state index contributed by atoms with van der Waals surface area (Å²) in [6.45, 7) is 0.0853. The Morgan fingerprint density at radius 1 is 1.37 bits per heavy atom. The number of oxazole rings is 1. The largest absolute Gasteiger partial charge is 0.421 e. The van der Waals surface area contributed by atoms with E-state index in [1.165, 1.54) is 10.6 Å². The van der Waals surface area contributed by atoms with E-state index in [4.69, 9.17) is 4.42 Å². The van der Waals surface area contributed by atoms with E-state index in [0.29, 0.717) is 21.3 Å². The summed E-state index contributed by atoms with van der Waals surface area (Å²) in [6, 6.07) is 8.02. The number of hydrogen-bond acceptors (Lipinski definition) is 3. The van der Waals surface area contributed by atoms with E-state index in [0.717, 1.165) is 0 Å². The molecule has 0 fully saturated rings. The maximum Gasteiger partial charge on any atom is 0.421 e. The van der Waals surface area contributed by atoms with E-state index in [1.807, 2.05) is 0 Å². The van der Waals surface area contributed by atoms with Gasteiger partial charge in [-0.25, -0.2) is 14.2 Å². The van der Waals surface area contributed by atoms with E-state index >= 15 is 0 Å². The average molecular weight is 323 g/mol. The summed E-state index contributed by atoms with van der Waals surface area (Å²) in [4.78, 5) is 15.8. The highest BCUT2D eigenvalue weighted by atomic mass is 79.9. The van der Waals surface area contributed by atoms with Crippen molar-refractivity contribution in [2.24, 2.45) is 0 Å². The summed E-state index contributed by atoms with van der Waals surface area (Å²) in [5.41, 5.74) is 1.21. The molecular weight excluding hydrogens is 315 g/mol. The molecule has 0 aliphatic heterocycles. The Balaban J connectivity index is 2.10. The van der Waals surface area contributed by atoms with Gasteiger partial charge in [0.1, 0.15) is 5.82 Å². The Kier molecular flexibility index (Phi) is 2.94. The summed E-state index contributed by atoms with van der Waals surface area (Å²) in [5, 5.41) is 0. The first kappa shape index (κ1) is 12.1.